The summed E-state index contributed by atoms with van der Waals surface area (Å²) in [6.45, 7) is 0. The largest absolute Gasteiger partial charge is 0.506 e. The van der Waals surface area contributed by atoms with E-state index in [1.165, 1.54) is 12.1 Å². The van der Waals surface area contributed by atoms with Crippen molar-refractivity contribution in [3.8, 4) is 22.6 Å². The zero-order chi connectivity index (χ0) is 24.2. The second-order valence-electron chi connectivity index (χ2n) is 6.51. The number of esters is 2. The quantitative estimate of drug-likeness (QED) is 0.458. The standard InChI is InChI=1S/C19H12BrF5O7/c1-30-15(27)9-6-10-12(13(14(9)26)16(28)31-2)8-5-7(20)3-4-11(8)32-17(10,29)18(21,22)19(23,24)25/h3-6,26,29H,1-2H3. The fraction of sp³-hybridized carbons (Fsp3) is 0.263. The van der Waals surface area contributed by atoms with Gasteiger partial charge < -0.3 is 24.4 Å². The van der Waals surface area contributed by atoms with E-state index in [0.29, 0.717) is 6.07 Å². The number of carbonyl (C=O) groups is 2. The summed E-state index contributed by atoms with van der Waals surface area (Å²) in [7, 11) is 1.68. The lowest BCUT2D eigenvalue weighted by molar-refractivity contribution is -0.392. The van der Waals surface area contributed by atoms with Gasteiger partial charge in [0.05, 0.1) is 14.2 Å². The summed E-state index contributed by atoms with van der Waals surface area (Å²) >= 11 is 3.09. The number of carbonyl (C=O) groups excluding carboxylic acids is 2. The van der Waals surface area contributed by atoms with E-state index in [0.717, 1.165) is 20.3 Å². The molecular formula is C19H12BrF5O7. The molecule has 0 bridgehead atoms. The molecule has 1 unspecified atom stereocenters. The van der Waals surface area contributed by atoms with Gasteiger partial charge >= 0.3 is 29.8 Å². The number of rotatable bonds is 3. The molecule has 0 aromatic heterocycles. The fourth-order valence-corrected chi connectivity index (χ4v) is 3.57. The molecule has 0 spiro atoms. The highest BCUT2D eigenvalue weighted by atomic mass is 79.9. The third-order valence-corrected chi connectivity index (χ3v) is 5.20. The number of aromatic hydroxyl groups is 1. The van der Waals surface area contributed by atoms with Gasteiger partial charge in [0.25, 0.3) is 0 Å². The lowest BCUT2D eigenvalue weighted by atomic mass is 9.82. The summed E-state index contributed by atoms with van der Waals surface area (Å²) in [6.07, 6.45) is -6.32. The highest BCUT2D eigenvalue weighted by Crippen LogP contribution is 2.57. The third kappa shape index (κ3) is 3.26. The van der Waals surface area contributed by atoms with Gasteiger partial charge in [0.2, 0.25) is 0 Å². The van der Waals surface area contributed by atoms with Crippen molar-refractivity contribution in [2.24, 2.45) is 0 Å². The number of aliphatic hydroxyl groups is 1. The first kappa shape index (κ1) is 23.7. The number of benzene rings is 2. The van der Waals surface area contributed by atoms with Crippen molar-refractivity contribution < 1.29 is 56.0 Å². The summed E-state index contributed by atoms with van der Waals surface area (Å²) < 4.78 is 83.0. The zero-order valence-electron chi connectivity index (χ0n) is 16.0. The van der Waals surface area contributed by atoms with Crippen molar-refractivity contribution in [3.63, 3.8) is 0 Å². The van der Waals surface area contributed by atoms with Gasteiger partial charge in [-0.2, -0.15) is 22.0 Å². The molecule has 0 amide bonds. The van der Waals surface area contributed by atoms with Crippen LogP contribution >= 0.6 is 15.9 Å². The molecule has 2 aromatic carbocycles. The number of halogens is 6. The number of ether oxygens (including phenoxy) is 3. The van der Waals surface area contributed by atoms with E-state index < -0.39 is 63.6 Å². The number of hydrogen-bond acceptors (Lipinski definition) is 7. The van der Waals surface area contributed by atoms with Crippen LogP contribution < -0.4 is 4.74 Å². The van der Waals surface area contributed by atoms with Crippen molar-refractivity contribution in [2.75, 3.05) is 14.2 Å². The van der Waals surface area contributed by atoms with E-state index >= 15 is 0 Å². The Labute approximate surface area is 184 Å². The fourth-order valence-electron chi connectivity index (χ4n) is 3.21. The van der Waals surface area contributed by atoms with Gasteiger partial charge in [-0.3, -0.25) is 0 Å². The summed E-state index contributed by atoms with van der Waals surface area (Å²) in [4.78, 5) is 24.5. The van der Waals surface area contributed by atoms with E-state index in [4.69, 9.17) is 4.74 Å². The van der Waals surface area contributed by atoms with Crippen molar-refractivity contribution in [3.05, 3.63) is 45.4 Å². The Morgan fingerprint density at radius 2 is 1.66 bits per heavy atom. The van der Waals surface area contributed by atoms with Gasteiger partial charge in [-0.15, -0.1) is 0 Å². The maximum absolute atomic E-state index is 14.6. The lowest BCUT2D eigenvalue weighted by Gasteiger charge is -2.41. The van der Waals surface area contributed by atoms with Crippen LogP contribution in [0.1, 0.15) is 26.3 Å². The van der Waals surface area contributed by atoms with Crippen LogP contribution in [0, 0.1) is 0 Å². The SMILES string of the molecule is COC(=O)c1cc2c(c(C(=O)OC)c1O)-c1cc(Br)ccc1OC2(O)C(F)(F)C(F)(F)F. The molecule has 0 radical (unpaired) electrons. The van der Waals surface area contributed by atoms with E-state index in [9.17, 15) is 41.8 Å². The molecule has 0 saturated carbocycles. The Bertz CT molecular complexity index is 1130. The third-order valence-electron chi connectivity index (χ3n) is 4.71. The average Bonchev–Trinajstić information content (AvgIpc) is 2.72. The Morgan fingerprint density at radius 1 is 1.06 bits per heavy atom. The van der Waals surface area contributed by atoms with Crippen molar-refractivity contribution in [1.29, 1.82) is 0 Å². The molecule has 1 atom stereocenters. The summed E-state index contributed by atoms with van der Waals surface area (Å²) in [6, 6.07) is 3.71. The molecule has 0 fully saturated rings. The summed E-state index contributed by atoms with van der Waals surface area (Å²) in [5.41, 5.74) is -4.25. The maximum atomic E-state index is 14.6. The second kappa shape index (κ2) is 7.59. The van der Waals surface area contributed by atoms with Gasteiger partial charge in [-0.25, -0.2) is 9.59 Å². The molecule has 3 rings (SSSR count). The molecule has 1 aliphatic heterocycles. The molecule has 2 aromatic rings. The normalized spacial score (nSPS) is 17.7. The van der Waals surface area contributed by atoms with Crippen LogP contribution in [0.3, 0.4) is 0 Å². The Kier molecular flexibility index (Phi) is 5.63. The molecule has 32 heavy (non-hydrogen) atoms. The van der Waals surface area contributed by atoms with Gasteiger partial charge in [0.1, 0.15) is 22.6 Å². The number of phenolic OH excluding ortho intramolecular Hbond substituents is 1. The molecule has 0 saturated heterocycles. The molecule has 7 nitrogen and oxygen atoms in total. The minimum absolute atomic E-state index is 0.246. The van der Waals surface area contributed by atoms with Crippen molar-refractivity contribution >= 4 is 27.9 Å². The highest BCUT2D eigenvalue weighted by Gasteiger charge is 2.74. The molecule has 172 valence electrons. The monoisotopic (exact) mass is 526 g/mol. The molecule has 1 heterocycles. The van der Waals surface area contributed by atoms with Crippen LogP contribution in [0.4, 0.5) is 22.0 Å². The van der Waals surface area contributed by atoms with Crippen LogP contribution in [-0.4, -0.2) is 48.5 Å². The van der Waals surface area contributed by atoms with E-state index in [1.807, 2.05) is 0 Å². The lowest BCUT2D eigenvalue weighted by Crippen LogP contribution is -2.59. The molecule has 0 aliphatic carbocycles. The topological polar surface area (TPSA) is 102 Å². The predicted molar refractivity (Wildman–Crippen MR) is 99.4 cm³/mol. The number of fused-ring (bicyclic) bond motifs is 3. The molecule has 13 heteroatoms. The summed E-state index contributed by atoms with van der Waals surface area (Å²) in [5, 5.41) is 21.2. The average molecular weight is 527 g/mol. The maximum Gasteiger partial charge on any atom is 0.460 e. The van der Waals surface area contributed by atoms with E-state index in [-0.39, 0.29) is 10.0 Å². The molecule has 2 N–H and O–H groups in total. The zero-order valence-corrected chi connectivity index (χ0v) is 17.6. The minimum atomic E-state index is -6.32. The van der Waals surface area contributed by atoms with Crippen LogP contribution in [0.5, 0.6) is 11.5 Å². The Morgan fingerprint density at radius 3 is 2.19 bits per heavy atom. The predicted octanol–water partition coefficient (Wildman–Crippen LogP) is 4.13. The van der Waals surface area contributed by atoms with Crippen molar-refractivity contribution in [1.82, 2.24) is 0 Å². The smallest absolute Gasteiger partial charge is 0.460 e. The van der Waals surface area contributed by atoms with Crippen molar-refractivity contribution in [2.45, 2.75) is 17.9 Å². The first-order valence-corrected chi connectivity index (χ1v) is 9.23. The minimum Gasteiger partial charge on any atom is -0.506 e. The highest BCUT2D eigenvalue weighted by molar-refractivity contribution is 9.10. The van der Waals surface area contributed by atoms with E-state index in [2.05, 4.69) is 25.4 Å². The molecule has 1 aliphatic rings. The van der Waals surface area contributed by atoms with Crippen LogP contribution in [0.25, 0.3) is 11.1 Å². The van der Waals surface area contributed by atoms with Gasteiger partial charge in [-0.05, 0) is 24.3 Å². The number of alkyl halides is 5. The Balaban J connectivity index is 2.57. The first-order valence-electron chi connectivity index (χ1n) is 8.44. The van der Waals surface area contributed by atoms with Crippen LogP contribution in [0.15, 0.2) is 28.7 Å². The van der Waals surface area contributed by atoms with E-state index in [1.54, 1.807) is 0 Å². The number of methoxy groups -OCH3 is 2. The van der Waals surface area contributed by atoms with Crippen LogP contribution in [-0.2, 0) is 15.3 Å². The number of phenols is 1. The number of hydrogen-bond donors (Lipinski definition) is 2. The Hall–Kier alpha value is -2.93. The van der Waals surface area contributed by atoms with Crippen LogP contribution in [0.2, 0.25) is 0 Å². The first-order chi connectivity index (χ1) is 14.7. The van der Waals surface area contributed by atoms with Gasteiger partial charge in [0, 0.05) is 21.2 Å². The summed E-state index contributed by atoms with van der Waals surface area (Å²) in [5.74, 6) is -14.9. The van der Waals surface area contributed by atoms with Gasteiger partial charge in [-0.1, -0.05) is 15.9 Å². The molecular weight excluding hydrogens is 515 g/mol. The second-order valence-corrected chi connectivity index (χ2v) is 7.43. The van der Waals surface area contributed by atoms with Gasteiger partial charge in [0.15, 0.2) is 0 Å².